The number of nitrogens with zero attached hydrogens (tertiary/aromatic N) is 6. The molecule has 0 aliphatic carbocycles. The number of nitrogens with one attached hydrogen (secondary N) is 1. The monoisotopic (exact) mass is 485 g/mol. The number of hydrogen-bond donors (Lipinski definition) is 2. The summed E-state index contributed by atoms with van der Waals surface area (Å²) < 4.78 is 31.0. The van der Waals surface area contributed by atoms with E-state index in [2.05, 4.69) is 25.0 Å². The van der Waals surface area contributed by atoms with Crippen LogP contribution in [0.25, 0.3) is 17.2 Å². The van der Waals surface area contributed by atoms with E-state index in [1.807, 2.05) is 44.4 Å². The van der Waals surface area contributed by atoms with E-state index >= 15 is 0 Å². The molecule has 2 N–H and O–H groups in total. The number of ether oxygens (including phenoxy) is 2. The molecule has 0 bridgehead atoms. The van der Waals surface area contributed by atoms with E-state index in [0.29, 0.717) is 40.3 Å². The number of aromatic nitrogens is 6. The van der Waals surface area contributed by atoms with Crippen molar-refractivity contribution in [1.82, 2.24) is 29.5 Å². The van der Waals surface area contributed by atoms with Crippen LogP contribution >= 0.6 is 11.9 Å². The molecule has 1 aromatic carbocycles. The molecule has 3 heterocycles. The number of aryl methyl sites for hydroxylation is 1. The summed E-state index contributed by atoms with van der Waals surface area (Å²) in [4.78, 5) is 3.97. The van der Waals surface area contributed by atoms with Crippen LogP contribution < -0.4 is 14.2 Å². The quantitative estimate of drug-likeness (QED) is 0.345. The summed E-state index contributed by atoms with van der Waals surface area (Å²) in [6.07, 6.45) is 1.95. The van der Waals surface area contributed by atoms with E-state index in [4.69, 9.17) is 9.47 Å². The van der Waals surface area contributed by atoms with Crippen LogP contribution in [0, 0.1) is 5.82 Å². The highest BCUT2D eigenvalue weighted by molar-refractivity contribution is 8.01. The molecule has 34 heavy (non-hydrogen) atoms. The lowest BCUT2D eigenvalue weighted by atomic mass is 10.2. The molecule has 178 valence electrons. The Balaban J connectivity index is 1.70. The second kappa shape index (κ2) is 10.1. The minimum atomic E-state index is -0.939. The van der Waals surface area contributed by atoms with Crippen LogP contribution in [0.15, 0.2) is 48.8 Å². The molecule has 12 heteroatoms. The van der Waals surface area contributed by atoms with Crippen LogP contribution in [0.2, 0.25) is 0 Å². The van der Waals surface area contributed by atoms with Gasteiger partial charge in [-0.05, 0) is 49.2 Å². The van der Waals surface area contributed by atoms with Gasteiger partial charge in [0.1, 0.15) is 34.8 Å². The second-order valence-electron chi connectivity index (χ2n) is 7.34. The summed E-state index contributed by atoms with van der Waals surface area (Å²) in [6.45, 7) is 1.82. The molecule has 3 aromatic heterocycles. The van der Waals surface area contributed by atoms with Crippen molar-refractivity contribution in [2.45, 2.75) is 18.3 Å². The number of aliphatic hydroxyl groups is 1. The van der Waals surface area contributed by atoms with Crippen molar-refractivity contribution in [2.24, 2.45) is 7.05 Å². The van der Waals surface area contributed by atoms with Gasteiger partial charge in [-0.1, -0.05) is 6.07 Å². The summed E-state index contributed by atoms with van der Waals surface area (Å²) in [5, 5.41) is 23.4. The summed E-state index contributed by atoms with van der Waals surface area (Å²) >= 11 is 1.22. The Morgan fingerprint density at radius 1 is 1.09 bits per heavy atom. The van der Waals surface area contributed by atoms with E-state index in [1.54, 1.807) is 23.5 Å². The molecule has 0 spiro atoms. The van der Waals surface area contributed by atoms with Crippen LogP contribution in [-0.4, -0.2) is 54.1 Å². The number of hydrogen-bond acceptors (Lipinski definition) is 9. The molecule has 2 atom stereocenters. The Labute approximate surface area is 199 Å². The molecule has 4 aromatic rings. The van der Waals surface area contributed by atoms with E-state index in [0.717, 1.165) is 6.20 Å². The van der Waals surface area contributed by atoms with Gasteiger partial charge in [0.05, 0.1) is 31.4 Å². The van der Waals surface area contributed by atoms with Crippen LogP contribution in [-0.2, 0) is 7.05 Å². The number of para-hydroxylation sites is 1. The van der Waals surface area contributed by atoms with Crippen molar-refractivity contribution in [3.63, 3.8) is 0 Å². The Morgan fingerprint density at radius 2 is 1.82 bits per heavy atom. The molecule has 0 aliphatic heterocycles. The summed E-state index contributed by atoms with van der Waals surface area (Å²) in [5.41, 5.74) is 1.56. The van der Waals surface area contributed by atoms with E-state index in [1.165, 1.54) is 24.1 Å². The van der Waals surface area contributed by atoms with Crippen LogP contribution in [0.3, 0.4) is 0 Å². The first-order valence-corrected chi connectivity index (χ1v) is 11.2. The van der Waals surface area contributed by atoms with Crippen molar-refractivity contribution < 1.29 is 19.0 Å². The van der Waals surface area contributed by atoms with Crippen molar-refractivity contribution in [3.8, 4) is 28.7 Å². The minimum absolute atomic E-state index is 0.360. The average molecular weight is 486 g/mol. The predicted molar refractivity (Wildman–Crippen MR) is 126 cm³/mol. The van der Waals surface area contributed by atoms with Gasteiger partial charge in [-0.25, -0.2) is 4.39 Å². The number of halogens is 1. The van der Waals surface area contributed by atoms with Crippen molar-refractivity contribution in [1.29, 1.82) is 0 Å². The zero-order chi connectivity index (χ0) is 24.2. The van der Waals surface area contributed by atoms with Crippen molar-refractivity contribution >= 4 is 17.9 Å². The third-order valence-electron chi connectivity index (χ3n) is 5.07. The third kappa shape index (κ3) is 4.68. The Bertz CT molecular complexity index is 1240. The van der Waals surface area contributed by atoms with Crippen LogP contribution in [0.4, 0.5) is 10.3 Å². The minimum Gasteiger partial charge on any atom is -0.494 e. The fourth-order valence-electron chi connectivity index (χ4n) is 3.33. The topological polar surface area (TPSA) is 112 Å². The van der Waals surface area contributed by atoms with Gasteiger partial charge in [0.25, 0.3) is 0 Å². The SMILES string of the molecule is COc1cccc(OC)c1-n1c(NSC(C)C(O)c2ccc(F)cn2)nnc1-c1ccn(C)n1. The maximum absolute atomic E-state index is 13.2. The first kappa shape index (κ1) is 23.5. The van der Waals surface area contributed by atoms with Crippen LogP contribution in [0.1, 0.15) is 18.7 Å². The molecule has 0 fully saturated rings. The normalized spacial score (nSPS) is 12.9. The molecule has 4 rings (SSSR count). The standard InChI is InChI=1S/C22H24FN7O3S/c1-13(20(31)15-9-8-14(23)12-24-15)34-28-22-26-25-21(16-10-11-29(2)27-16)30(22)19-17(32-3)6-5-7-18(19)33-4/h5-13,20,31H,1-4H3,(H,26,28). The number of aliphatic hydroxyl groups excluding tert-OH is 1. The van der Waals surface area contributed by atoms with Gasteiger partial charge in [0, 0.05) is 13.2 Å². The summed E-state index contributed by atoms with van der Waals surface area (Å²) in [5.74, 6) is 1.48. The number of benzene rings is 1. The maximum atomic E-state index is 13.2. The molecular formula is C22H24FN7O3S. The Kier molecular flexibility index (Phi) is 6.98. The number of rotatable bonds is 9. The summed E-state index contributed by atoms with van der Waals surface area (Å²) in [6, 6.07) is 9.99. The highest BCUT2D eigenvalue weighted by atomic mass is 32.2. The fraction of sp³-hybridized carbons (Fsp3) is 0.273. The first-order chi connectivity index (χ1) is 16.4. The number of methoxy groups -OCH3 is 2. The number of anilines is 1. The smallest absolute Gasteiger partial charge is 0.239 e. The average Bonchev–Trinajstić information content (AvgIpc) is 3.47. The molecule has 0 amide bonds. The van der Waals surface area contributed by atoms with Gasteiger partial charge < -0.3 is 14.6 Å². The fourth-order valence-corrected chi connectivity index (χ4v) is 4.02. The zero-order valence-corrected chi connectivity index (χ0v) is 19.8. The van der Waals surface area contributed by atoms with Gasteiger partial charge >= 0.3 is 0 Å². The highest BCUT2D eigenvalue weighted by Crippen LogP contribution is 2.38. The Morgan fingerprint density at radius 3 is 2.41 bits per heavy atom. The van der Waals surface area contributed by atoms with Gasteiger partial charge in [-0.15, -0.1) is 10.2 Å². The molecule has 10 nitrogen and oxygen atoms in total. The van der Waals surface area contributed by atoms with E-state index < -0.39 is 11.9 Å². The third-order valence-corrected chi connectivity index (χ3v) is 6.00. The zero-order valence-electron chi connectivity index (χ0n) is 19.0. The number of pyridine rings is 1. The second-order valence-corrected chi connectivity index (χ2v) is 8.52. The first-order valence-electron chi connectivity index (χ1n) is 10.3. The van der Waals surface area contributed by atoms with Gasteiger partial charge in [0.2, 0.25) is 5.95 Å². The lowest BCUT2D eigenvalue weighted by Crippen LogP contribution is -2.16. The van der Waals surface area contributed by atoms with E-state index in [-0.39, 0.29) is 5.25 Å². The molecule has 0 radical (unpaired) electrons. The highest BCUT2D eigenvalue weighted by Gasteiger charge is 2.25. The lowest BCUT2D eigenvalue weighted by Gasteiger charge is -2.20. The van der Waals surface area contributed by atoms with E-state index in [9.17, 15) is 9.50 Å². The molecule has 2 unspecified atom stereocenters. The summed E-state index contributed by atoms with van der Waals surface area (Å²) in [7, 11) is 4.95. The van der Waals surface area contributed by atoms with Crippen molar-refractivity contribution in [3.05, 3.63) is 60.3 Å². The lowest BCUT2D eigenvalue weighted by molar-refractivity contribution is 0.174. The van der Waals surface area contributed by atoms with Crippen molar-refractivity contribution in [2.75, 3.05) is 18.9 Å². The molecule has 0 saturated carbocycles. The molecule has 0 saturated heterocycles. The molecular weight excluding hydrogens is 461 g/mol. The van der Waals surface area contributed by atoms with Gasteiger partial charge in [-0.3, -0.25) is 19.0 Å². The predicted octanol–water partition coefficient (Wildman–Crippen LogP) is 3.40. The molecule has 0 aliphatic rings. The largest absolute Gasteiger partial charge is 0.494 e. The van der Waals surface area contributed by atoms with Gasteiger partial charge in [-0.2, -0.15) is 5.10 Å². The van der Waals surface area contributed by atoms with Crippen LogP contribution in [0.5, 0.6) is 11.5 Å². The van der Waals surface area contributed by atoms with Gasteiger partial charge in [0.15, 0.2) is 5.82 Å². The Hall–Kier alpha value is -3.64. The maximum Gasteiger partial charge on any atom is 0.239 e.